The number of likely N-dealkylation sites (N-methyl/N-ethyl adjacent to an activating group) is 1. The number of piperidine rings is 1. The van der Waals surface area contributed by atoms with E-state index in [1.807, 2.05) is 0 Å². The fourth-order valence-corrected chi connectivity index (χ4v) is 3.88. The molecule has 0 aromatic heterocycles. The van der Waals surface area contributed by atoms with E-state index in [2.05, 4.69) is 34.4 Å². The molecule has 0 aromatic rings. The number of halogens is 1. The van der Waals surface area contributed by atoms with Crippen molar-refractivity contribution in [3.05, 3.63) is 0 Å². The molecule has 1 aliphatic heterocycles. The second-order valence-electron chi connectivity index (χ2n) is 7.43. The summed E-state index contributed by atoms with van der Waals surface area (Å²) < 4.78 is 5.18. The van der Waals surface area contributed by atoms with E-state index < -0.39 is 0 Å². The summed E-state index contributed by atoms with van der Waals surface area (Å²) in [5, 5.41) is 7.04. The van der Waals surface area contributed by atoms with E-state index >= 15 is 0 Å². The maximum atomic E-state index is 5.18. The minimum atomic E-state index is 0. The van der Waals surface area contributed by atoms with E-state index in [-0.39, 0.29) is 24.0 Å². The fraction of sp³-hybridized carbons (Fsp3) is 0.947. The van der Waals surface area contributed by atoms with Crippen molar-refractivity contribution in [2.75, 3.05) is 60.0 Å². The van der Waals surface area contributed by atoms with Gasteiger partial charge in [-0.2, -0.15) is 0 Å². The predicted octanol–water partition coefficient (Wildman–Crippen LogP) is 2.14. The minimum absolute atomic E-state index is 0. The Morgan fingerprint density at radius 3 is 2.50 bits per heavy atom. The number of likely N-dealkylation sites (tertiary alicyclic amines) is 1. The van der Waals surface area contributed by atoms with Crippen LogP contribution in [-0.2, 0) is 4.74 Å². The second kappa shape index (κ2) is 14.0. The summed E-state index contributed by atoms with van der Waals surface area (Å²) in [5.41, 5.74) is 0. The van der Waals surface area contributed by atoms with Crippen molar-refractivity contribution in [2.24, 2.45) is 4.99 Å². The Balaban J connectivity index is 0.00000338. The zero-order valence-corrected chi connectivity index (χ0v) is 19.3. The highest BCUT2D eigenvalue weighted by Crippen LogP contribution is 2.21. The van der Waals surface area contributed by atoms with Gasteiger partial charge in [0, 0.05) is 51.9 Å². The highest BCUT2D eigenvalue weighted by atomic mass is 127. The van der Waals surface area contributed by atoms with E-state index in [1.54, 1.807) is 7.11 Å². The van der Waals surface area contributed by atoms with Crippen LogP contribution >= 0.6 is 24.0 Å². The third-order valence-electron chi connectivity index (χ3n) is 5.55. The van der Waals surface area contributed by atoms with Crippen LogP contribution in [0.25, 0.3) is 0 Å². The van der Waals surface area contributed by atoms with E-state index in [9.17, 15) is 0 Å². The number of methoxy groups -OCH3 is 1. The normalized spacial score (nSPS) is 20.4. The quantitative estimate of drug-likeness (QED) is 0.300. The van der Waals surface area contributed by atoms with E-state index in [0.717, 1.165) is 57.9 Å². The van der Waals surface area contributed by atoms with Crippen molar-refractivity contribution in [1.29, 1.82) is 0 Å². The number of guanidine groups is 1. The molecule has 0 atom stereocenters. The van der Waals surface area contributed by atoms with Gasteiger partial charge in [-0.25, -0.2) is 0 Å². The lowest BCUT2D eigenvalue weighted by atomic mass is 10.1. The summed E-state index contributed by atoms with van der Waals surface area (Å²) in [6.45, 7) is 9.13. The van der Waals surface area contributed by atoms with Gasteiger partial charge in [0.15, 0.2) is 5.96 Å². The van der Waals surface area contributed by atoms with Gasteiger partial charge in [-0.1, -0.05) is 12.8 Å². The molecule has 26 heavy (non-hydrogen) atoms. The minimum Gasteiger partial charge on any atom is -0.383 e. The Labute approximate surface area is 177 Å². The van der Waals surface area contributed by atoms with Crippen molar-refractivity contribution in [2.45, 2.75) is 57.5 Å². The molecular weight excluding hydrogens is 441 g/mol. The molecule has 6 nitrogen and oxygen atoms in total. The first-order chi connectivity index (χ1) is 12.2. The number of nitrogens with zero attached hydrogens (tertiary/aromatic N) is 3. The number of aliphatic imine (C=N–C) groups is 1. The summed E-state index contributed by atoms with van der Waals surface area (Å²) in [7, 11) is 4.03. The van der Waals surface area contributed by atoms with Gasteiger partial charge in [-0.3, -0.25) is 4.99 Å². The molecule has 0 bridgehead atoms. The average Bonchev–Trinajstić information content (AvgIpc) is 3.16. The van der Waals surface area contributed by atoms with Crippen LogP contribution in [0.15, 0.2) is 4.99 Å². The van der Waals surface area contributed by atoms with Crippen LogP contribution in [0.3, 0.4) is 0 Å². The number of ether oxygens (including phenoxy) is 1. The molecule has 0 spiro atoms. The zero-order valence-electron chi connectivity index (χ0n) is 17.0. The van der Waals surface area contributed by atoms with Crippen LogP contribution in [-0.4, -0.2) is 87.9 Å². The summed E-state index contributed by atoms with van der Waals surface area (Å²) in [6, 6.07) is 1.31. The van der Waals surface area contributed by atoms with Crippen LogP contribution in [0.1, 0.15) is 45.4 Å². The maximum absolute atomic E-state index is 5.18. The van der Waals surface area contributed by atoms with E-state index in [0.29, 0.717) is 6.04 Å². The lowest BCUT2D eigenvalue weighted by Gasteiger charge is -2.33. The maximum Gasteiger partial charge on any atom is 0.191 e. The molecule has 0 aromatic carbocycles. The van der Waals surface area contributed by atoms with Crippen LogP contribution < -0.4 is 10.6 Å². The molecule has 1 saturated heterocycles. The van der Waals surface area contributed by atoms with Crippen molar-refractivity contribution in [3.63, 3.8) is 0 Å². The Kier molecular flexibility index (Phi) is 12.8. The van der Waals surface area contributed by atoms with Gasteiger partial charge in [0.1, 0.15) is 0 Å². The van der Waals surface area contributed by atoms with Crippen LogP contribution in [0.5, 0.6) is 0 Å². The van der Waals surface area contributed by atoms with Gasteiger partial charge < -0.3 is 25.2 Å². The standard InChI is InChI=1S/C19H39N5O.HI/c1-4-20-19(21-11-14-23(2)18-7-5-6-8-18)22-17-9-12-24(13-10-17)15-16-25-3;/h17-18H,4-16H2,1-3H3,(H2,20,21,22);1H. The number of hydrogen-bond donors (Lipinski definition) is 2. The molecular formula is C19H40IN5O. The third-order valence-corrected chi connectivity index (χ3v) is 5.55. The summed E-state index contributed by atoms with van der Waals surface area (Å²) in [5.74, 6) is 0.984. The van der Waals surface area contributed by atoms with Crippen molar-refractivity contribution >= 4 is 29.9 Å². The van der Waals surface area contributed by atoms with Gasteiger partial charge in [-0.05, 0) is 39.7 Å². The highest BCUT2D eigenvalue weighted by molar-refractivity contribution is 14.0. The molecule has 0 radical (unpaired) electrons. The number of hydrogen-bond acceptors (Lipinski definition) is 4. The molecule has 1 saturated carbocycles. The number of nitrogens with one attached hydrogen (secondary N) is 2. The summed E-state index contributed by atoms with van der Waals surface area (Å²) in [4.78, 5) is 9.79. The molecule has 154 valence electrons. The monoisotopic (exact) mass is 481 g/mol. The smallest absolute Gasteiger partial charge is 0.191 e. The van der Waals surface area contributed by atoms with Gasteiger partial charge in [0.25, 0.3) is 0 Å². The average molecular weight is 481 g/mol. The molecule has 2 rings (SSSR count). The molecule has 0 amide bonds. The molecule has 1 heterocycles. The lowest BCUT2D eigenvalue weighted by Crippen LogP contribution is -2.49. The Bertz CT molecular complexity index is 382. The second-order valence-corrected chi connectivity index (χ2v) is 7.43. The Hall–Kier alpha value is -0.120. The SMILES string of the molecule is CCNC(=NCCN(C)C1CCCC1)NC1CCN(CCOC)CC1.I. The van der Waals surface area contributed by atoms with Gasteiger partial charge in [0.05, 0.1) is 13.2 Å². The van der Waals surface area contributed by atoms with Gasteiger partial charge in [-0.15, -0.1) is 24.0 Å². The third kappa shape index (κ3) is 8.71. The first kappa shape index (κ1) is 23.9. The van der Waals surface area contributed by atoms with Crippen LogP contribution in [0, 0.1) is 0 Å². The van der Waals surface area contributed by atoms with Crippen LogP contribution in [0.4, 0.5) is 0 Å². The molecule has 2 fully saturated rings. The lowest BCUT2D eigenvalue weighted by molar-refractivity contribution is 0.128. The molecule has 7 heteroatoms. The largest absolute Gasteiger partial charge is 0.383 e. The topological polar surface area (TPSA) is 52.1 Å². The predicted molar refractivity (Wildman–Crippen MR) is 121 cm³/mol. The van der Waals surface area contributed by atoms with Crippen LogP contribution in [0.2, 0.25) is 0 Å². The molecule has 1 aliphatic carbocycles. The summed E-state index contributed by atoms with van der Waals surface area (Å²) in [6.07, 6.45) is 7.86. The van der Waals surface area contributed by atoms with Gasteiger partial charge >= 0.3 is 0 Å². The highest BCUT2D eigenvalue weighted by Gasteiger charge is 2.20. The Morgan fingerprint density at radius 1 is 1.19 bits per heavy atom. The molecule has 0 unspecified atom stereocenters. The molecule has 2 aliphatic rings. The van der Waals surface area contributed by atoms with Gasteiger partial charge in [0.2, 0.25) is 0 Å². The van der Waals surface area contributed by atoms with E-state index in [4.69, 9.17) is 9.73 Å². The van der Waals surface area contributed by atoms with Crippen molar-refractivity contribution < 1.29 is 4.74 Å². The molecule has 2 N–H and O–H groups in total. The van der Waals surface area contributed by atoms with Crippen molar-refractivity contribution in [3.8, 4) is 0 Å². The summed E-state index contributed by atoms with van der Waals surface area (Å²) >= 11 is 0. The fourth-order valence-electron chi connectivity index (χ4n) is 3.88. The Morgan fingerprint density at radius 2 is 1.88 bits per heavy atom. The first-order valence-electron chi connectivity index (χ1n) is 10.2. The zero-order chi connectivity index (χ0) is 17.9. The first-order valence-corrected chi connectivity index (χ1v) is 10.2. The van der Waals surface area contributed by atoms with Crippen molar-refractivity contribution in [1.82, 2.24) is 20.4 Å². The van der Waals surface area contributed by atoms with E-state index in [1.165, 1.54) is 38.5 Å². The number of rotatable bonds is 9.